The van der Waals surface area contributed by atoms with E-state index in [1.807, 2.05) is 31.2 Å². The van der Waals surface area contributed by atoms with Gasteiger partial charge in [-0.1, -0.05) is 28.2 Å². The molecule has 0 aliphatic rings. The fraction of sp³-hybridized carbons (Fsp3) is 0.400. The third kappa shape index (κ3) is 3.60. The van der Waals surface area contributed by atoms with Gasteiger partial charge in [-0.3, -0.25) is 0 Å². The van der Waals surface area contributed by atoms with Gasteiger partial charge in [0, 0.05) is 13.6 Å². The molecule has 0 amide bonds. The van der Waals surface area contributed by atoms with Gasteiger partial charge in [0.05, 0.1) is 0 Å². The highest BCUT2D eigenvalue weighted by Crippen LogP contribution is 2.09. The number of halogens is 1. The summed E-state index contributed by atoms with van der Waals surface area (Å²) in [6, 6.07) is 7.65. The zero-order chi connectivity index (χ0) is 11.5. The van der Waals surface area contributed by atoms with E-state index >= 15 is 0 Å². The van der Waals surface area contributed by atoms with Crippen LogP contribution in [0.15, 0.2) is 24.3 Å². The molecule has 84 valence electrons. The molecule has 0 atom stereocenters. The highest BCUT2D eigenvalue weighted by Gasteiger charge is 2.15. The molecule has 0 aliphatic carbocycles. The van der Waals surface area contributed by atoms with Crippen LogP contribution in [0.4, 0.5) is 3.89 Å². The van der Waals surface area contributed by atoms with Gasteiger partial charge in [-0.15, -0.1) is 0 Å². The summed E-state index contributed by atoms with van der Waals surface area (Å²) in [6.07, 6.45) is 0.520. The van der Waals surface area contributed by atoms with E-state index in [0.717, 1.165) is 11.1 Å². The summed E-state index contributed by atoms with van der Waals surface area (Å²) >= 11 is 0. The van der Waals surface area contributed by atoms with Crippen molar-refractivity contribution in [3.8, 4) is 0 Å². The van der Waals surface area contributed by atoms with E-state index in [0.29, 0.717) is 10.7 Å². The van der Waals surface area contributed by atoms with Gasteiger partial charge in [0.1, 0.15) is 0 Å². The Balaban J connectivity index is 2.63. The van der Waals surface area contributed by atoms with Crippen LogP contribution in [0.3, 0.4) is 0 Å². The van der Waals surface area contributed by atoms with Gasteiger partial charge in [0.15, 0.2) is 0 Å². The summed E-state index contributed by atoms with van der Waals surface area (Å²) < 4.78 is 34.2. The highest BCUT2D eigenvalue weighted by atomic mass is 32.3. The maximum Gasteiger partial charge on any atom is 0.374 e. The Bertz CT molecular complexity index is 431. The molecule has 0 radical (unpaired) electrons. The molecule has 0 spiro atoms. The second-order valence-corrected chi connectivity index (χ2v) is 4.89. The summed E-state index contributed by atoms with van der Waals surface area (Å²) in [5.41, 5.74) is 2.12. The number of rotatable bonds is 4. The van der Waals surface area contributed by atoms with Crippen LogP contribution in [0.1, 0.15) is 11.1 Å². The fourth-order valence-electron chi connectivity index (χ4n) is 1.28. The molecule has 1 rings (SSSR count). The molecular formula is C10H14FNO2S. The van der Waals surface area contributed by atoms with Crippen molar-refractivity contribution in [3.63, 3.8) is 0 Å². The van der Waals surface area contributed by atoms with Crippen molar-refractivity contribution in [1.29, 1.82) is 0 Å². The smallest absolute Gasteiger partial charge is 0.178 e. The van der Waals surface area contributed by atoms with Gasteiger partial charge < -0.3 is 0 Å². The van der Waals surface area contributed by atoms with Crippen molar-refractivity contribution in [2.24, 2.45) is 0 Å². The average molecular weight is 231 g/mol. The minimum atomic E-state index is -4.55. The molecule has 0 aliphatic heterocycles. The van der Waals surface area contributed by atoms with Crippen molar-refractivity contribution in [3.05, 3.63) is 35.4 Å². The monoisotopic (exact) mass is 231 g/mol. The van der Waals surface area contributed by atoms with Crippen LogP contribution < -0.4 is 0 Å². The van der Waals surface area contributed by atoms with E-state index in [9.17, 15) is 12.3 Å². The number of hydrogen-bond donors (Lipinski definition) is 0. The second-order valence-electron chi connectivity index (χ2n) is 3.44. The van der Waals surface area contributed by atoms with Crippen LogP contribution in [0.25, 0.3) is 0 Å². The van der Waals surface area contributed by atoms with Gasteiger partial charge in [-0.05, 0) is 24.5 Å². The first kappa shape index (κ1) is 12.1. The Morgan fingerprint density at radius 3 is 2.47 bits per heavy atom. The van der Waals surface area contributed by atoms with Crippen LogP contribution >= 0.6 is 0 Å². The predicted molar refractivity (Wildman–Crippen MR) is 57.5 cm³/mol. The van der Waals surface area contributed by atoms with Crippen LogP contribution in [0.2, 0.25) is 0 Å². The molecule has 0 saturated carbocycles. The molecule has 1 aromatic rings. The summed E-state index contributed by atoms with van der Waals surface area (Å²) in [5.74, 6) is 0. The van der Waals surface area contributed by atoms with Crippen LogP contribution in [0.5, 0.6) is 0 Å². The van der Waals surface area contributed by atoms with Crippen molar-refractivity contribution in [2.45, 2.75) is 13.3 Å². The normalized spacial score (nSPS) is 12.0. The van der Waals surface area contributed by atoms with Gasteiger partial charge in [0.2, 0.25) is 0 Å². The SMILES string of the molecule is Cc1ccccc1CCN(C)S(=O)(=O)F. The number of nitrogens with zero attached hydrogens (tertiary/aromatic N) is 1. The third-order valence-electron chi connectivity index (χ3n) is 2.33. The largest absolute Gasteiger partial charge is 0.374 e. The Kier molecular flexibility index (Phi) is 3.82. The van der Waals surface area contributed by atoms with Crippen molar-refractivity contribution >= 4 is 10.4 Å². The van der Waals surface area contributed by atoms with Gasteiger partial charge >= 0.3 is 10.4 Å². The Morgan fingerprint density at radius 1 is 1.33 bits per heavy atom. The zero-order valence-electron chi connectivity index (χ0n) is 8.77. The summed E-state index contributed by atoms with van der Waals surface area (Å²) in [7, 11) is -3.32. The first-order chi connectivity index (χ1) is 6.91. The first-order valence-electron chi connectivity index (χ1n) is 4.61. The number of benzene rings is 1. The van der Waals surface area contributed by atoms with E-state index < -0.39 is 10.4 Å². The molecule has 0 saturated heterocycles. The van der Waals surface area contributed by atoms with E-state index in [-0.39, 0.29) is 6.54 Å². The molecule has 0 unspecified atom stereocenters. The Hall–Kier alpha value is -0.940. The Labute approximate surface area is 89.9 Å². The Morgan fingerprint density at radius 2 is 1.93 bits per heavy atom. The third-order valence-corrected chi connectivity index (χ3v) is 3.26. The average Bonchev–Trinajstić information content (AvgIpc) is 2.14. The van der Waals surface area contributed by atoms with E-state index in [1.165, 1.54) is 7.05 Å². The topological polar surface area (TPSA) is 37.4 Å². The lowest BCUT2D eigenvalue weighted by Gasteiger charge is -2.11. The maximum absolute atomic E-state index is 12.5. The molecule has 0 heterocycles. The highest BCUT2D eigenvalue weighted by molar-refractivity contribution is 7.83. The maximum atomic E-state index is 12.5. The number of aryl methyl sites for hydroxylation is 1. The minimum Gasteiger partial charge on any atom is -0.178 e. The molecule has 0 aromatic heterocycles. The second kappa shape index (κ2) is 4.72. The van der Waals surface area contributed by atoms with Crippen LogP contribution in [-0.2, 0) is 16.8 Å². The predicted octanol–water partition coefficient (Wildman–Crippen LogP) is 1.68. The first-order valence-corrected chi connectivity index (χ1v) is 5.95. The lowest BCUT2D eigenvalue weighted by molar-refractivity contribution is 0.435. The van der Waals surface area contributed by atoms with E-state index in [1.54, 1.807) is 0 Å². The number of hydrogen-bond acceptors (Lipinski definition) is 2. The van der Waals surface area contributed by atoms with Crippen molar-refractivity contribution in [2.75, 3.05) is 13.6 Å². The van der Waals surface area contributed by atoms with Crippen LogP contribution in [0, 0.1) is 6.92 Å². The molecule has 1 aromatic carbocycles. The molecule has 3 nitrogen and oxygen atoms in total. The van der Waals surface area contributed by atoms with Crippen LogP contribution in [-0.4, -0.2) is 26.3 Å². The molecular weight excluding hydrogens is 217 g/mol. The lowest BCUT2D eigenvalue weighted by Crippen LogP contribution is -2.25. The zero-order valence-corrected chi connectivity index (χ0v) is 9.59. The molecule has 0 N–H and O–H groups in total. The van der Waals surface area contributed by atoms with E-state index in [2.05, 4.69) is 0 Å². The van der Waals surface area contributed by atoms with Gasteiger partial charge in [-0.25, -0.2) is 0 Å². The van der Waals surface area contributed by atoms with Gasteiger partial charge in [0.25, 0.3) is 0 Å². The summed E-state index contributed by atoms with van der Waals surface area (Å²) in [6.45, 7) is 2.10. The standard InChI is InChI=1S/C10H14FNO2S/c1-9-5-3-4-6-10(9)7-8-12(2)15(11,13)14/h3-6H,7-8H2,1-2H3. The molecule has 0 fully saturated rings. The fourth-order valence-corrected chi connectivity index (χ4v) is 1.59. The molecule has 5 heteroatoms. The summed E-state index contributed by atoms with van der Waals surface area (Å²) in [4.78, 5) is 0. The quantitative estimate of drug-likeness (QED) is 0.739. The molecule has 0 bridgehead atoms. The molecule has 15 heavy (non-hydrogen) atoms. The summed E-state index contributed by atoms with van der Waals surface area (Å²) in [5, 5.41) is 0. The van der Waals surface area contributed by atoms with Crippen molar-refractivity contribution < 1.29 is 12.3 Å². The van der Waals surface area contributed by atoms with E-state index in [4.69, 9.17) is 0 Å². The minimum absolute atomic E-state index is 0.156. The lowest BCUT2D eigenvalue weighted by atomic mass is 10.1. The van der Waals surface area contributed by atoms with Gasteiger partial charge in [-0.2, -0.15) is 12.7 Å². The number of likely N-dealkylation sites (N-methyl/N-ethyl adjacent to an activating group) is 1. The van der Waals surface area contributed by atoms with Crippen molar-refractivity contribution in [1.82, 2.24) is 4.31 Å².